The summed E-state index contributed by atoms with van der Waals surface area (Å²) in [6, 6.07) is 0. The van der Waals surface area contributed by atoms with Crippen LogP contribution in [0.15, 0.2) is 0 Å². The summed E-state index contributed by atoms with van der Waals surface area (Å²) in [4.78, 5) is 13.8. The summed E-state index contributed by atoms with van der Waals surface area (Å²) in [6.07, 6.45) is 3.33. The van der Waals surface area contributed by atoms with Gasteiger partial charge in [0.15, 0.2) is 0 Å². The molecule has 0 N–H and O–H groups in total. The fourth-order valence-corrected chi connectivity index (χ4v) is 1.72. The third-order valence-electron chi connectivity index (χ3n) is 3.13. The normalized spacial score (nSPS) is 21.6. The van der Waals surface area contributed by atoms with E-state index < -0.39 is 0 Å². The van der Waals surface area contributed by atoms with Crippen LogP contribution in [0.4, 0.5) is 0 Å². The minimum absolute atomic E-state index is 0.216. The van der Waals surface area contributed by atoms with Gasteiger partial charge in [-0.1, -0.05) is 20.8 Å². The number of hydrogen-bond acceptors (Lipinski definition) is 1. The van der Waals surface area contributed by atoms with Crippen LogP contribution >= 0.6 is 0 Å². The van der Waals surface area contributed by atoms with Gasteiger partial charge in [-0.25, -0.2) is 0 Å². The first-order chi connectivity index (χ1) is 6.15. The fourth-order valence-electron chi connectivity index (χ4n) is 1.72. The summed E-state index contributed by atoms with van der Waals surface area (Å²) in [5.41, 5.74) is 0. The molecule has 0 aromatic rings. The van der Waals surface area contributed by atoms with E-state index in [0.29, 0.717) is 5.91 Å². The highest BCUT2D eigenvalue weighted by molar-refractivity contribution is 5.78. The van der Waals surface area contributed by atoms with Crippen molar-refractivity contribution in [1.82, 2.24) is 4.90 Å². The molecule has 1 fully saturated rings. The van der Waals surface area contributed by atoms with Crippen molar-refractivity contribution >= 4 is 5.91 Å². The number of hydrogen-bond donors (Lipinski definition) is 0. The number of carbonyl (C=O) groups is 1. The summed E-state index contributed by atoms with van der Waals surface area (Å²) in [7, 11) is 0. The van der Waals surface area contributed by atoms with Gasteiger partial charge in [0.05, 0.1) is 0 Å². The number of nitrogens with zero attached hydrogens (tertiary/aromatic N) is 1. The molecule has 1 aliphatic rings. The van der Waals surface area contributed by atoms with Gasteiger partial charge in [0.25, 0.3) is 0 Å². The molecule has 0 aromatic carbocycles. The van der Waals surface area contributed by atoms with Crippen molar-refractivity contribution in [3.63, 3.8) is 0 Å². The lowest BCUT2D eigenvalue weighted by Crippen LogP contribution is -2.40. The Bertz CT molecular complexity index is 171. The minimum atomic E-state index is 0.216. The summed E-state index contributed by atoms with van der Waals surface area (Å²) in [6.45, 7) is 8.33. The van der Waals surface area contributed by atoms with Crippen LogP contribution < -0.4 is 0 Å². The number of likely N-dealkylation sites (tertiary alicyclic amines) is 1. The maximum Gasteiger partial charge on any atom is 0.225 e. The topological polar surface area (TPSA) is 20.3 Å². The second kappa shape index (κ2) is 4.64. The maximum absolute atomic E-state index is 11.8. The number of rotatable bonds is 2. The van der Waals surface area contributed by atoms with Crippen LogP contribution in [0.5, 0.6) is 0 Å². The second-order valence-corrected chi connectivity index (χ2v) is 4.32. The van der Waals surface area contributed by atoms with Crippen LogP contribution in [-0.2, 0) is 4.79 Å². The van der Waals surface area contributed by atoms with Gasteiger partial charge in [0, 0.05) is 19.0 Å². The zero-order valence-electron chi connectivity index (χ0n) is 9.05. The molecule has 0 bridgehead atoms. The van der Waals surface area contributed by atoms with E-state index in [0.717, 1.165) is 25.4 Å². The van der Waals surface area contributed by atoms with Crippen molar-refractivity contribution in [2.45, 2.75) is 40.0 Å². The van der Waals surface area contributed by atoms with Gasteiger partial charge >= 0.3 is 0 Å². The van der Waals surface area contributed by atoms with Crippen LogP contribution in [0.25, 0.3) is 0 Å². The summed E-state index contributed by atoms with van der Waals surface area (Å²) < 4.78 is 0. The SMILES string of the molecule is CCC(C)C(=O)N1CCC(C)CC1. The van der Waals surface area contributed by atoms with E-state index in [1.807, 2.05) is 11.8 Å². The number of piperidine rings is 1. The quantitative estimate of drug-likeness (QED) is 0.643. The van der Waals surface area contributed by atoms with Crippen molar-refractivity contribution in [3.05, 3.63) is 0 Å². The molecule has 1 unspecified atom stereocenters. The van der Waals surface area contributed by atoms with Gasteiger partial charge in [-0.3, -0.25) is 4.79 Å². The number of carbonyl (C=O) groups excluding carboxylic acids is 1. The minimum Gasteiger partial charge on any atom is -0.342 e. The lowest BCUT2D eigenvalue weighted by atomic mass is 9.97. The first-order valence-corrected chi connectivity index (χ1v) is 5.44. The molecule has 0 saturated carbocycles. The van der Waals surface area contributed by atoms with Gasteiger partial charge in [-0.15, -0.1) is 0 Å². The lowest BCUT2D eigenvalue weighted by molar-refractivity contribution is -0.136. The van der Waals surface area contributed by atoms with E-state index >= 15 is 0 Å². The molecular formula is C11H21NO. The first-order valence-electron chi connectivity index (χ1n) is 5.44. The van der Waals surface area contributed by atoms with E-state index in [-0.39, 0.29) is 5.92 Å². The Hall–Kier alpha value is -0.530. The van der Waals surface area contributed by atoms with Gasteiger partial charge in [-0.05, 0) is 25.2 Å². The predicted octanol–water partition coefficient (Wildman–Crippen LogP) is 2.29. The standard InChI is InChI=1S/C11H21NO/c1-4-10(3)11(13)12-7-5-9(2)6-8-12/h9-10H,4-8H2,1-3H3. The van der Waals surface area contributed by atoms with Crippen molar-refractivity contribution in [2.75, 3.05) is 13.1 Å². The van der Waals surface area contributed by atoms with E-state index in [1.165, 1.54) is 12.8 Å². The molecule has 0 radical (unpaired) electrons. The van der Waals surface area contributed by atoms with Crippen molar-refractivity contribution in [1.29, 1.82) is 0 Å². The van der Waals surface area contributed by atoms with Crippen LogP contribution in [0, 0.1) is 11.8 Å². The van der Waals surface area contributed by atoms with Crippen molar-refractivity contribution in [2.24, 2.45) is 11.8 Å². The van der Waals surface area contributed by atoms with Gasteiger partial charge in [-0.2, -0.15) is 0 Å². The van der Waals surface area contributed by atoms with E-state index in [9.17, 15) is 4.79 Å². The molecule has 1 heterocycles. The smallest absolute Gasteiger partial charge is 0.225 e. The fraction of sp³-hybridized carbons (Fsp3) is 0.909. The van der Waals surface area contributed by atoms with Crippen LogP contribution in [0.1, 0.15) is 40.0 Å². The van der Waals surface area contributed by atoms with Gasteiger partial charge in [0.2, 0.25) is 5.91 Å². The highest BCUT2D eigenvalue weighted by Gasteiger charge is 2.22. The summed E-state index contributed by atoms with van der Waals surface area (Å²) in [5, 5.41) is 0. The molecule has 1 atom stereocenters. The Labute approximate surface area is 81.3 Å². The molecule has 2 nitrogen and oxygen atoms in total. The molecule has 1 aliphatic heterocycles. The van der Waals surface area contributed by atoms with Crippen LogP contribution in [0.2, 0.25) is 0 Å². The predicted molar refractivity (Wildman–Crippen MR) is 54.4 cm³/mol. The lowest BCUT2D eigenvalue weighted by Gasteiger charge is -2.32. The van der Waals surface area contributed by atoms with E-state index in [4.69, 9.17) is 0 Å². The van der Waals surface area contributed by atoms with E-state index in [2.05, 4.69) is 13.8 Å². The number of amides is 1. The molecule has 2 heteroatoms. The first kappa shape index (κ1) is 10.6. The molecule has 1 amide bonds. The second-order valence-electron chi connectivity index (χ2n) is 4.32. The Morgan fingerprint density at radius 3 is 2.46 bits per heavy atom. The highest BCUT2D eigenvalue weighted by atomic mass is 16.2. The molecule has 0 aromatic heterocycles. The molecule has 13 heavy (non-hydrogen) atoms. The zero-order chi connectivity index (χ0) is 9.84. The molecule has 76 valence electrons. The molecule has 0 aliphatic carbocycles. The summed E-state index contributed by atoms with van der Waals surface area (Å²) >= 11 is 0. The third-order valence-corrected chi connectivity index (χ3v) is 3.13. The largest absolute Gasteiger partial charge is 0.342 e. The van der Waals surface area contributed by atoms with Crippen molar-refractivity contribution in [3.8, 4) is 0 Å². The molecule has 0 spiro atoms. The Balaban J connectivity index is 2.40. The highest BCUT2D eigenvalue weighted by Crippen LogP contribution is 2.18. The third kappa shape index (κ3) is 2.71. The van der Waals surface area contributed by atoms with Crippen LogP contribution in [-0.4, -0.2) is 23.9 Å². The molecule has 1 rings (SSSR count). The Morgan fingerprint density at radius 1 is 1.46 bits per heavy atom. The Morgan fingerprint density at radius 2 is 2.00 bits per heavy atom. The van der Waals surface area contributed by atoms with Gasteiger partial charge < -0.3 is 4.90 Å². The average Bonchev–Trinajstić information content (AvgIpc) is 2.17. The Kier molecular flexibility index (Phi) is 3.76. The van der Waals surface area contributed by atoms with Crippen LogP contribution in [0.3, 0.4) is 0 Å². The average molecular weight is 183 g/mol. The van der Waals surface area contributed by atoms with Crippen molar-refractivity contribution < 1.29 is 4.79 Å². The maximum atomic E-state index is 11.8. The summed E-state index contributed by atoms with van der Waals surface area (Å²) in [5.74, 6) is 1.38. The van der Waals surface area contributed by atoms with E-state index in [1.54, 1.807) is 0 Å². The van der Waals surface area contributed by atoms with Gasteiger partial charge in [0.1, 0.15) is 0 Å². The zero-order valence-corrected chi connectivity index (χ0v) is 9.05. The molecule has 1 saturated heterocycles. The molecular weight excluding hydrogens is 162 g/mol. The monoisotopic (exact) mass is 183 g/mol.